The Morgan fingerprint density at radius 2 is 0.730 bits per heavy atom. The number of hydrogen-bond acceptors (Lipinski definition) is 0. The third-order valence-electron chi connectivity index (χ3n) is 20.6. The molecule has 9 atom stereocenters. The molecule has 0 amide bonds. The average Bonchev–Trinajstić information content (AvgIpc) is 3.19. The Hall–Kier alpha value is 0. The Kier molecular flexibility index (Phi) is 28.2. The van der Waals surface area contributed by atoms with E-state index >= 15 is 0 Å². The molecule has 9 rings (SSSR count). The van der Waals surface area contributed by atoms with Gasteiger partial charge in [0, 0.05) is 0 Å². The molecule has 9 fully saturated rings. The van der Waals surface area contributed by atoms with E-state index in [1.165, 1.54) is 148 Å². The van der Waals surface area contributed by atoms with Crippen molar-refractivity contribution in [1.82, 2.24) is 0 Å². The predicted molar refractivity (Wildman–Crippen MR) is 290 cm³/mol. The first-order valence-corrected chi connectivity index (χ1v) is 29.2. The van der Waals surface area contributed by atoms with E-state index in [1.54, 1.807) is 0 Å². The summed E-state index contributed by atoms with van der Waals surface area (Å²) in [7, 11) is 0. The summed E-state index contributed by atoms with van der Waals surface area (Å²) in [6, 6.07) is 0. The van der Waals surface area contributed by atoms with Crippen molar-refractivity contribution in [2.75, 3.05) is 0 Å². The van der Waals surface area contributed by atoms with E-state index in [0.29, 0.717) is 16.2 Å². The van der Waals surface area contributed by atoms with Gasteiger partial charge < -0.3 is 0 Å². The van der Waals surface area contributed by atoms with Crippen LogP contribution in [0.15, 0.2) is 0 Å². The van der Waals surface area contributed by atoms with Crippen molar-refractivity contribution in [3.05, 3.63) is 0 Å². The first kappa shape index (κ1) is 61.0. The van der Waals surface area contributed by atoms with Gasteiger partial charge in [0.05, 0.1) is 0 Å². The molecule has 0 saturated heterocycles. The smallest absolute Gasteiger partial charge is 0.0328 e. The van der Waals surface area contributed by atoms with E-state index < -0.39 is 0 Å². The van der Waals surface area contributed by atoms with Gasteiger partial charge in [0.15, 0.2) is 0 Å². The van der Waals surface area contributed by atoms with E-state index in [1.807, 2.05) is 0 Å². The Morgan fingerprint density at radius 3 is 0.746 bits per heavy atom. The Morgan fingerprint density at radius 1 is 0.381 bits per heavy atom. The van der Waals surface area contributed by atoms with Crippen molar-refractivity contribution < 1.29 is 0 Å². The highest BCUT2D eigenvalue weighted by atomic mass is 14.4. The van der Waals surface area contributed by atoms with Gasteiger partial charge in [-0.05, 0) is 201 Å². The summed E-state index contributed by atoms with van der Waals surface area (Å²) in [5.41, 5.74) is 2.82. The van der Waals surface area contributed by atoms with Gasteiger partial charge in [-0.2, -0.15) is 0 Å². The Labute approximate surface area is 402 Å². The average molecular weight is 884 g/mol. The fourth-order valence-corrected chi connectivity index (χ4v) is 11.9. The summed E-state index contributed by atoms with van der Waals surface area (Å²) >= 11 is 0. The summed E-state index contributed by atoms with van der Waals surface area (Å²) in [4.78, 5) is 0. The maximum atomic E-state index is 2.39. The molecular weight excluding hydrogens is 757 g/mol. The van der Waals surface area contributed by atoms with E-state index in [9.17, 15) is 0 Å². The molecule has 0 radical (unpaired) electrons. The standard InChI is InChI=1S/9C7H14/c1-6-4-7(2,3)5-6;2*1-6-4-5-7(6,2)3;1-5-4-6(2)7(5)3;2*1-3-7-4-6(2)5-7;1-3-7(2)5-4-6-7;2*1-3-7-5-4-6(7)2/h3*6H,4-5H2,1-3H3;5-7H,4H2,1-3H3;2*6-7H,3-5H2,1-2H3;3-6H2,1-2H3;2*6-7H,3-5H2,1-2H3/t;6-;;5-,6?,7?;;;;6-,7?;/m.0.0...0./s1. The van der Waals surface area contributed by atoms with Gasteiger partial charge in [-0.3, -0.25) is 0 Å². The maximum absolute atomic E-state index is 2.39. The van der Waals surface area contributed by atoms with E-state index in [2.05, 4.69) is 152 Å². The highest BCUT2D eigenvalue weighted by molar-refractivity contribution is 4.86. The van der Waals surface area contributed by atoms with Crippen LogP contribution in [-0.2, 0) is 0 Å². The second-order valence-electron chi connectivity index (χ2n) is 27.7. The van der Waals surface area contributed by atoms with Crippen LogP contribution in [0, 0.1) is 105 Å². The molecule has 0 aromatic carbocycles. The zero-order valence-corrected chi connectivity index (χ0v) is 48.3. The van der Waals surface area contributed by atoms with Crippen LogP contribution in [0.2, 0.25) is 0 Å². The van der Waals surface area contributed by atoms with Crippen molar-refractivity contribution in [3.63, 3.8) is 0 Å². The van der Waals surface area contributed by atoms with Crippen LogP contribution >= 0.6 is 0 Å². The zero-order chi connectivity index (χ0) is 48.3. The lowest BCUT2D eigenvalue weighted by Gasteiger charge is -2.42. The van der Waals surface area contributed by atoms with Crippen molar-refractivity contribution in [3.8, 4) is 0 Å². The summed E-state index contributed by atoms with van der Waals surface area (Å²) in [6.45, 7) is 51.3. The molecule has 6 unspecified atom stereocenters. The monoisotopic (exact) mass is 883 g/mol. The Balaban J connectivity index is 0.000000354. The van der Waals surface area contributed by atoms with Gasteiger partial charge >= 0.3 is 0 Å². The van der Waals surface area contributed by atoms with Gasteiger partial charge in [-0.15, -0.1) is 0 Å². The lowest BCUT2D eigenvalue weighted by Crippen LogP contribution is -2.31. The third-order valence-corrected chi connectivity index (χ3v) is 20.6. The first-order valence-electron chi connectivity index (χ1n) is 29.2. The van der Waals surface area contributed by atoms with Gasteiger partial charge in [0.1, 0.15) is 0 Å². The quantitative estimate of drug-likeness (QED) is 0.258. The molecular formula is C63H126. The van der Waals surface area contributed by atoms with Gasteiger partial charge in [-0.1, -0.05) is 204 Å². The molecule has 9 aliphatic carbocycles. The minimum atomic E-state index is 0.681. The lowest BCUT2D eigenvalue weighted by atomic mass is 9.64. The maximum Gasteiger partial charge on any atom is -0.0328 e. The van der Waals surface area contributed by atoms with Crippen LogP contribution in [0.3, 0.4) is 0 Å². The molecule has 378 valence electrons. The van der Waals surface area contributed by atoms with Crippen molar-refractivity contribution >= 4 is 0 Å². The normalized spacial score (nSPS) is 38.1. The third kappa shape index (κ3) is 22.8. The van der Waals surface area contributed by atoms with Crippen LogP contribution in [0.5, 0.6) is 0 Å². The lowest BCUT2D eigenvalue weighted by molar-refractivity contribution is 0.0891. The molecule has 0 N–H and O–H groups in total. The summed E-state index contributed by atoms with van der Waals surface area (Å²) < 4.78 is 0. The van der Waals surface area contributed by atoms with Gasteiger partial charge in [0.2, 0.25) is 0 Å². The van der Waals surface area contributed by atoms with Crippen molar-refractivity contribution in [1.29, 1.82) is 0 Å². The van der Waals surface area contributed by atoms with Crippen LogP contribution in [-0.4, -0.2) is 0 Å². The first-order chi connectivity index (χ1) is 29.2. The molecule has 0 aliphatic heterocycles. The Bertz CT molecular complexity index is 1030. The molecule has 0 spiro atoms. The van der Waals surface area contributed by atoms with E-state index in [-0.39, 0.29) is 0 Å². The minimum absolute atomic E-state index is 0.681. The van der Waals surface area contributed by atoms with Crippen LogP contribution < -0.4 is 0 Å². The van der Waals surface area contributed by atoms with Crippen LogP contribution in [0.4, 0.5) is 0 Å². The van der Waals surface area contributed by atoms with Gasteiger partial charge in [0.25, 0.3) is 0 Å². The molecule has 0 heterocycles. The zero-order valence-electron chi connectivity index (χ0n) is 48.3. The van der Waals surface area contributed by atoms with Crippen LogP contribution in [0.25, 0.3) is 0 Å². The van der Waals surface area contributed by atoms with Crippen molar-refractivity contribution in [2.24, 2.45) is 105 Å². The number of hydrogen-bond donors (Lipinski definition) is 0. The molecule has 9 aliphatic rings. The van der Waals surface area contributed by atoms with E-state index in [4.69, 9.17) is 0 Å². The summed E-state index contributed by atoms with van der Waals surface area (Å²) in [6.07, 6.45) is 33.5. The predicted octanol–water partition coefficient (Wildman–Crippen LogP) is 22.0. The molecule has 63 heavy (non-hydrogen) atoms. The summed E-state index contributed by atoms with van der Waals surface area (Å²) in [5, 5.41) is 0. The molecule has 0 aromatic rings. The second-order valence-corrected chi connectivity index (χ2v) is 27.7. The topological polar surface area (TPSA) is 0 Å². The van der Waals surface area contributed by atoms with E-state index in [0.717, 1.165) is 88.3 Å². The largest absolute Gasteiger partial charge is 0.0651 e. The molecule has 0 aromatic heterocycles. The fraction of sp³-hybridized carbons (Fsp3) is 1.00. The SMILES string of the molecule is CC1CC(C)(C)C1.CC1CCC1(C)C.CC1C[C@H](C)C1C.CCC1(C)CCC1.CCC1CC(C)C1.CCC1CC(C)C1.CCC1CCC1C.CCC1CC[C@@H]1C.C[C@H]1CCC1(C)C. The van der Waals surface area contributed by atoms with Gasteiger partial charge in [-0.25, -0.2) is 0 Å². The highest BCUT2D eigenvalue weighted by Gasteiger charge is 2.35. The second kappa shape index (κ2) is 29.1. The highest BCUT2D eigenvalue weighted by Crippen LogP contribution is 2.47. The molecule has 9 saturated carbocycles. The molecule has 0 heteroatoms. The molecule has 0 nitrogen and oxygen atoms in total. The fourth-order valence-electron chi connectivity index (χ4n) is 11.9. The van der Waals surface area contributed by atoms with Crippen molar-refractivity contribution in [2.45, 2.75) is 300 Å². The van der Waals surface area contributed by atoms with Crippen LogP contribution in [0.1, 0.15) is 300 Å². The summed E-state index contributed by atoms with van der Waals surface area (Å²) in [5.74, 6) is 14.5. The molecule has 0 bridgehead atoms. The number of rotatable bonds is 5. The minimum Gasteiger partial charge on any atom is -0.0651 e.